The molecule has 0 atom stereocenters. The van der Waals surface area contributed by atoms with Crippen LogP contribution in [0.3, 0.4) is 0 Å². The van der Waals surface area contributed by atoms with E-state index in [4.69, 9.17) is 14.7 Å². The zero-order valence-electron chi connectivity index (χ0n) is 14.7. The van der Waals surface area contributed by atoms with Crippen molar-refractivity contribution in [3.63, 3.8) is 0 Å². The number of anilines is 2. The van der Waals surface area contributed by atoms with Gasteiger partial charge in [-0.3, -0.25) is 4.79 Å². The largest absolute Gasteiger partial charge is 0.347 e. The number of rotatable bonds is 3. The zero-order chi connectivity index (χ0) is 18.7. The Balaban J connectivity index is 1.40. The zero-order valence-corrected chi connectivity index (χ0v) is 14.7. The lowest BCUT2D eigenvalue weighted by Gasteiger charge is -2.37. The molecule has 2 saturated heterocycles. The Kier molecular flexibility index (Phi) is 4.71. The molecule has 2 aliphatic heterocycles. The maximum Gasteiger partial charge on any atom is 0.258 e. The highest BCUT2D eigenvalue weighted by molar-refractivity contribution is 6.04. The van der Waals surface area contributed by atoms with E-state index in [2.05, 4.69) is 26.3 Å². The molecule has 4 rings (SSSR count). The lowest BCUT2D eigenvalue weighted by molar-refractivity contribution is -0.169. The van der Waals surface area contributed by atoms with E-state index in [0.717, 1.165) is 25.9 Å². The number of para-hydroxylation sites is 1. The van der Waals surface area contributed by atoms with Crippen LogP contribution in [-0.2, 0) is 9.47 Å². The van der Waals surface area contributed by atoms with Gasteiger partial charge in [0.1, 0.15) is 6.07 Å². The molecular formula is C19H19N5O3. The number of hydrogen-bond acceptors (Lipinski definition) is 7. The second-order valence-electron chi connectivity index (χ2n) is 6.48. The van der Waals surface area contributed by atoms with Gasteiger partial charge in [-0.2, -0.15) is 5.26 Å². The van der Waals surface area contributed by atoms with Crippen LogP contribution in [0, 0.1) is 11.3 Å². The van der Waals surface area contributed by atoms with Crippen LogP contribution >= 0.6 is 0 Å². The Bertz CT molecular complexity index is 862. The Morgan fingerprint density at radius 3 is 2.48 bits per heavy atom. The topological polar surface area (TPSA) is 100 Å². The van der Waals surface area contributed by atoms with Crippen molar-refractivity contribution in [1.82, 2.24) is 9.97 Å². The number of nitrogens with zero attached hydrogens (tertiary/aromatic N) is 4. The first-order chi connectivity index (χ1) is 13.2. The summed E-state index contributed by atoms with van der Waals surface area (Å²) in [6.45, 7) is 2.77. The van der Waals surface area contributed by atoms with Crippen LogP contribution in [0.15, 0.2) is 36.7 Å². The van der Waals surface area contributed by atoms with Crippen LogP contribution in [-0.4, -0.2) is 48.0 Å². The molecule has 27 heavy (non-hydrogen) atoms. The maximum atomic E-state index is 12.4. The number of carbonyl (C=O) groups excluding carboxylic acids is 1. The van der Waals surface area contributed by atoms with Gasteiger partial charge in [-0.25, -0.2) is 9.97 Å². The SMILES string of the molecule is N#Cc1ccccc1NC(=O)c1cnc(N2CCC3(CC2)OCCO3)nc1. The highest BCUT2D eigenvalue weighted by Crippen LogP contribution is 2.32. The standard InChI is InChI=1S/C19H19N5O3/c20-11-14-3-1-2-4-16(14)23-17(25)15-12-21-18(22-13-15)24-7-5-19(6-8-24)26-9-10-27-19/h1-4,12-13H,5-10H2,(H,23,25). The van der Waals surface area contributed by atoms with Gasteiger partial charge in [0.05, 0.1) is 30.0 Å². The Morgan fingerprint density at radius 2 is 1.81 bits per heavy atom. The number of hydrogen-bond donors (Lipinski definition) is 1. The van der Waals surface area contributed by atoms with E-state index in [1.165, 1.54) is 12.4 Å². The molecule has 2 aliphatic rings. The summed E-state index contributed by atoms with van der Waals surface area (Å²) in [7, 11) is 0. The summed E-state index contributed by atoms with van der Waals surface area (Å²) in [5.41, 5.74) is 1.20. The fraction of sp³-hybridized carbons (Fsp3) is 0.368. The van der Waals surface area contributed by atoms with Crippen molar-refractivity contribution in [1.29, 1.82) is 5.26 Å². The van der Waals surface area contributed by atoms with Gasteiger partial charge in [-0.15, -0.1) is 0 Å². The fourth-order valence-corrected chi connectivity index (χ4v) is 3.32. The summed E-state index contributed by atoms with van der Waals surface area (Å²) in [6.07, 6.45) is 4.53. The summed E-state index contributed by atoms with van der Waals surface area (Å²) in [6, 6.07) is 8.89. The number of piperidine rings is 1. The minimum atomic E-state index is -0.440. The third-order valence-electron chi connectivity index (χ3n) is 4.82. The molecule has 2 fully saturated rings. The quantitative estimate of drug-likeness (QED) is 0.887. The van der Waals surface area contributed by atoms with Crippen molar-refractivity contribution in [2.24, 2.45) is 0 Å². The molecule has 0 bridgehead atoms. The van der Waals surface area contributed by atoms with E-state index >= 15 is 0 Å². The molecule has 1 N–H and O–H groups in total. The van der Waals surface area contributed by atoms with Crippen LogP contribution in [0.1, 0.15) is 28.8 Å². The molecule has 0 aliphatic carbocycles. The molecule has 138 valence electrons. The van der Waals surface area contributed by atoms with Crippen LogP contribution in [0.2, 0.25) is 0 Å². The van der Waals surface area contributed by atoms with E-state index in [1.54, 1.807) is 24.3 Å². The van der Waals surface area contributed by atoms with Gasteiger partial charge < -0.3 is 19.7 Å². The van der Waals surface area contributed by atoms with Crippen molar-refractivity contribution in [3.05, 3.63) is 47.8 Å². The van der Waals surface area contributed by atoms with Gasteiger partial charge in [0.15, 0.2) is 5.79 Å². The first kappa shape index (κ1) is 17.4. The van der Waals surface area contributed by atoms with Crippen molar-refractivity contribution in [3.8, 4) is 6.07 Å². The Morgan fingerprint density at radius 1 is 1.15 bits per heavy atom. The van der Waals surface area contributed by atoms with E-state index < -0.39 is 5.79 Å². The highest BCUT2D eigenvalue weighted by atomic mass is 16.7. The summed E-state index contributed by atoms with van der Waals surface area (Å²) in [4.78, 5) is 23.1. The summed E-state index contributed by atoms with van der Waals surface area (Å²) >= 11 is 0. The number of nitriles is 1. The van der Waals surface area contributed by atoms with E-state index in [-0.39, 0.29) is 5.91 Å². The molecule has 8 heteroatoms. The van der Waals surface area contributed by atoms with Gasteiger partial charge in [-0.1, -0.05) is 12.1 Å². The Labute approximate surface area is 156 Å². The van der Waals surface area contributed by atoms with Crippen molar-refractivity contribution in [2.75, 3.05) is 36.5 Å². The van der Waals surface area contributed by atoms with Gasteiger partial charge >= 0.3 is 0 Å². The van der Waals surface area contributed by atoms with Crippen LogP contribution in [0.4, 0.5) is 11.6 Å². The molecule has 0 saturated carbocycles. The van der Waals surface area contributed by atoms with E-state index in [1.807, 2.05) is 0 Å². The monoisotopic (exact) mass is 365 g/mol. The molecule has 1 spiro atoms. The Hall–Kier alpha value is -3.02. The molecule has 1 aromatic heterocycles. The number of carbonyl (C=O) groups is 1. The number of aromatic nitrogens is 2. The van der Waals surface area contributed by atoms with Crippen molar-refractivity contribution < 1.29 is 14.3 Å². The lowest BCUT2D eigenvalue weighted by Crippen LogP contribution is -2.45. The number of nitrogens with one attached hydrogen (secondary N) is 1. The minimum absolute atomic E-state index is 0.336. The molecule has 8 nitrogen and oxygen atoms in total. The smallest absolute Gasteiger partial charge is 0.258 e. The van der Waals surface area contributed by atoms with Crippen molar-refractivity contribution >= 4 is 17.5 Å². The first-order valence-corrected chi connectivity index (χ1v) is 8.84. The predicted octanol–water partition coefficient (Wildman–Crippen LogP) is 1.94. The molecule has 0 radical (unpaired) electrons. The second kappa shape index (κ2) is 7.31. The normalized spacial score (nSPS) is 18.3. The number of benzene rings is 1. The third-order valence-corrected chi connectivity index (χ3v) is 4.82. The second-order valence-corrected chi connectivity index (χ2v) is 6.48. The molecule has 2 aromatic rings. The third kappa shape index (κ3) is 3.60. The van der Waals surface area contributed by atoms with Gasteiger partial charge in [0.2, 0.25) is 5.95 Å². The van der Waals surface area contributed by atoms with Crippen molar-refractivity contribution in [2.45, 2.75) is 18.6 Å². The van der Waals surface area contributed by atoms with Gasteiger partial charge in [0, 0.05) is 38.3 Å². The van der Waals surface area contributed by atoms with Crippen LogP contribution in [0.5, 0.6) is 0 Å². The van der Waals surface area contributed by atoms with E-state index in [9.17, 15) is 4.79 Å². The first-order valence-electron chi connectivity index (χ1n) is 8.84. The minimum Gasteiger partial charge on any atom is -0.347 e. The predicted molar refractivity (Wildman–Crippen MR) is 97.2 cm³/mol. The van der Waals surface area contributed by atoms with Crippen LogP contribution < -0.4 is 10.2 Å². The van der Waals surface area contributed by atoms with E-state index in [0.29, 0.717) is 36.0 Å². The molecule has 0 unspecified atom stereocenters. The lowest BCUT2D eigenvalue weighted by atomic mass is 10.0. The van der Waals surface area contributed by atoms with Gasteiger partial charge in [0.25, 0.3) is 5.91 Å². The number of ether oxygens (including phenoxy) is 2. The molecule has 1 amide bonds. The molecule has 3 heterocycles. The molecular weight excluding hydrogens is 346 g/mol. The van der Waals surface area contributed by atoms with Crippen LogP contribution in [0.25, 0.3) is 0 Å². The highest BCUT2D eigenvalue weighted by Gasteiger charge is 2.40. The summed E-state index contributed by atoms with van der Waals surface area (Å²) < 4.78 is 11.5. The summed E-state index contributed by atoms with van der Waals surface area (Å²) in [5, 5.41) is 11.8. The average molecular weight is 365 g/mol. The summed E-state index contributed by atoms with van der Waals surface area (Å²) in [5.74, 6) is -0.212. The number of amides is 1. The maximum absolute atomic E-state index is 12.4. The average Bonchev–Trinajstić information content (AvgIpc) is 3.17. The molecule has 1 aromatic carbocycles. The fourth-order valence-electron chi connectivity index (χ4n) is 3.32. The van der Waals surface area contributed by atoms with Gasteiger partial charge in [-0.05, 0) is 12.1 Å².